The van der Waals surface area contributed by atoms with E-state index < -0.39 is 5.92 Å². The minimum absolute atomic E-state index is 0.0505. The molecule has 7 heteroatoms. The van der Waals surface area contributed by atoms with E-state index in [1.54, 1.807) is 19.2 Å². The number of likely N-dealkylation sites (tertiary alicyclic amines) is 1. The maximum absolute atomic E-state index is 13.6. The number of carbonyl (C=O) groups is 3. The summed E-state index contributed by atoms with van der Waals surface area (Å²) in [6.45, 7) is 3.27. The number of rotatable bonds is 5. The van der Waals surface area contributed by atoms with E-state index in [1.165, 1.54) is 6.20 Å². The minimum Gasteiger partial charge on any atom is -0.496 e. The molecule has 186 valence electrons. The van der Waals surface area contributed by atoms with Crippen molar-refractivity contribution in [2.75, 3.05) is 20.2 Å². The van der Waals surface area contributed by atoms with Gasteiger partial charge in [-0.05, 0) is 67.3 Å². The first-order valence-electron chi connectivity index (χ1n) is 12.8. The average Bonchev–Trinajstić information content (AvgIpc) is 3.74. The summed E-state index contributed by atoms with van der Waals surface area (Å²) in [4.78, 5) is 45.9. The Hall–Kier alpha value is -3.53. The fraction of sp³-hybridized carbons (Fsp3) is 0.483. The van der Waals surface area contributed by atoms with E-state index in [-0.39, 0.29) is 28.8 Å². The van der Waals surface area contributed by atoms with Crippen LogP contribution in [0.25, 0.3) is 11.3 Å². The molecule has 0 bridgehead atoms. The molecule has 3 fully saturated rings. The van der Waals surface area contributed by atoms with Crippen molar-refractivity contribution in [3.8, 4) is 23.1 Å². The number of aryl methyl sites for hydroxylation is 1. The van der Waals surface area contributed by atoms with Crippen LogP contribution in [-0.2, 0) is 20.8 Å². The number of pyridine rings is 1. The second-order valence-electron chi connectivity index (χ2n) is 10.5. The van der Waals surface area contributed by atoms with Crippen molar-refractivity contribution in [1.82, 2.24) is 9.88 Å². The van der Waals surface area contributed by atoms with Gasteiger partial charge in [0, 0.05) is 49.2 Å². The van der Waals surface area contributed by atoms with Crippen molar-refractivity contribution in [3.63, 3.8) is 0 Å². The van der Waals surface area contributed by atoms with Gasteiger partial charge in [-0.2, -0.15) is 5.26 Å². The highest BCUT2D eigenvalue weighted by atomic mass is 16.5. The van der Waals surface area contributed by atoms with Gasteiger partial charge in [-0.3, -0.25) is 19.4 Å². The minimum atomic E-state index is -0.824. The van der Waals surface area contributed by atoms with Crippen LogP contribution in [0.1, 0.15) is 68.1 Å². The number of amides is 1. The molecule has 2 saturated carbocycles. The van der Waals surface area contributed by atoms with Gasteiger partial charge < -0.3 is 9.64 Å². The summed E-state index contributed by atoms with van der Waals surface area (Å²) in [7, 11) is 1.56. The Balaban J connectivity index is 1.40. The SMILES string of the molecule is CCc1cc(-c2ccc(C#N)cn2)cc(OC)c1C1C(=O)CC2(CCN(C(=O)C3CC3)CC2)CC1=O. The highest BCUT2D eigenvalue weighted by molar-refractivity contribution is 6.11. The third-order valence-corrected chi connectivity index (χ3v) is 8.11. The van der Waals surface area contributed by atoms with Crippen LogP contribution < -0.4 is 4.74 Å². The van der Waals surface area contributed by atoms with Gasteiger partial charge in [0.1, 0.15) is 29.3 Å². The van der Waals surface area contributed by atoms with Crippen molar-refractivity contribution >= 4 is 17.5 Å². The number of nitriles is 1. The lowest BCUT2D eigenvalue weighted by molar-refractivity contribution is -0.140. The highest BCUT2D eigenvalue weighted by Crippen LogP contribution is 2.48. The first-order chi connectivity index (χ1) is 17.4. The molecule has 0 unspecified atom stereocenters. The van der Waals surface area contributed by atoms with Gasteiger partial charge in [0.05, 0.1) is 18.4 Å². The molecule has 1 spiro atoms. The molecular formula is C29H31N3O4. The monoisotopic (exact) mass is 485 g/mol. The molecule has 7 nitrogen and oxygen atoms in total. The first-order valence-corrected chi connectivity index (χ1v) is 12.8. The van der Waals surface area contributed by atoms with Crippen LogP contribution in [0.2, 0.25) is 0 Å². The standard InChI is InChI=1S/C29H31N3O4/c1-3-19-12-21(22-7-4-18(16-30)17-31-22)13-25(36-2)26(19)27-23(33)14-29(15-24(27)34)8-10-32(11-9-29)28(35)20-5-6-20/h4,7,12-13,17,20,27H,3,5-6,8-11,14-15H2,1-2H3. The van der Waals surface area contributed by atoms with Crippen LogP contribution in [-0.4, -0.2) is 47.6 Å². The topological polar surface area (TPSA) is 100 Å². The Kier molecular flexibility index (Phi) is 6.38. The van der Waals surface area contributed by atoms with Gasteiger partial charge in [0.25, 0.3) is 0 Å². The zero-order valence-corrected chi connectivity index (χ0v) is 20.9. The van der Waals surface area contributed by atoms with E-state index in [1.807, 2.05) is 24.0 Å². The van der Waals surface area contributed by atoms with E-state index >= 15 is 0 Å². The average molecular weight is 486 g/mol. The fourth-order valence-corrected chi connectivity index (χ4v) is 5.90. The zero-order valence-electron chi connectivity index (χ0n) is 20.9. The van der Waals surface area contributed by atoms with E-state index in [4.69, 9.17) is 10.00 Å². The predicted molar refractivity (Wildman–Crippen MR) is 133 cm³/mol. The van der Waals surface area contributed by atoms with E-state index in [9.17, 15) is 14.4 Å². The summed E-state index contributed by atoms with van der Waals surface area (Å²) in [6.07, 6.45) is 6.27. The van der Waals surface area contributed by atoms with Gasteiger partial charge in [0.15, 0.2) is 0 Å². The maximum Gasteiger partial charge on any atom is 0.225 e. The number of piperidine rings is 1. The lowest BCUT2D eigenvalue weighted by Gasteiger charge is -2.45. The summed E-state index contributed by atoms with van der Waals surface area (Å²) in [5.74, 6) is 0.0272. The van der Waals surface area contributed by atoms with Crippen LogP contribution >= 0.6 is 0 Å². The molecule has 1 aromatic heterocycles. The summed E-state index contributed by atoms with van der Waals surface area (Å²) in [6, 6.07) is 9.37. The molecule has 2 heterocycles. The van der Waals surface area contributed by atoms with Crippen LogP contribution in [0.4, 0.5) is 0 Å². The lowest BCUT2D eigenvalue weighted by atomic mass is 9.63. The number of ketones is 2. The number of benzene rings is 1. The highest BCUT2D eigenvalue weighted by Gasteiger charge is 2.49. The van der Waals surface area contributed by atoms with Crippen molar-refractivity contribution in [3.05, 3.63) is 47.2 Å². The smallest absolute Gasteiger partial charge is 0.225 e. The second-order valence-corrected chi connectivity index (χ2v) is 10.5. The Morgan fingerprint density at radius 1 is 1.17 bits per heavy atom. The maximum atomic E-state index is 13.6. The summed E-state index contributed by atoms with van der Waals surface area (Å²) in [5.41, 5.74) is 3.22. The summed E-state index contributed by atoms with van der Waals surface area (Å²) in [5, 5.41) is 9.06. The van der Waals surface area contributed by atoms with Gasteiger partial charge in [-0.15, -0.1) is 0 Å². The molecule has 0 atom stereocenters. The van der Waals surface area contributed by atoms with Crippen molar-refractivity contribution < 1.29 is 19.1 Å². The number of methoxy groups -OCH3 is 1. The Morgan fingerprint density at radius 3 is 2.39 bits per heavy atom. The third kappa shape index (κ3) is 4.41. The molecule has 2 aliphatic carbocycles. The summed E-state index contributed by atoms with van der Waals surface area (Å²) < 4.78 is 5.72. The number of ether oxygens (including phenoxy) is 1. The molecule has 36 heavy (non-hydrogen) atoms. The van der Waals surface area contributed by atoms with Crippen molar-refractivity contribution in [1.29, 1.82) is 5.26 Å². The van der Waals surface area contributed by atoms with Crippen LogP contribution in [0, 0.1) is 22.7 Å². The van der Waals surface area contributed by atoms with Gasteiger partial charge in [-0.25, -0.2) is 0 Å². The van der Waals surface area contributed by atoms with Gasteiger partial charge in [-0.1, -0.05) is 6.92 Å². The summed E-state index contributed by atoms with van der Waals surface area (Å²) >= 11 is 0. The Labute approximate surface area is 211 Å². The number of Topliss-reactive ketones (excluding diaryl/α,β-unsaturated/α-hetero) is 2. The van der Waals surface area contributed by atoms with Crippen molar-refractivity contribution in [2.24, 2.45) is 11.3 Å². The molecule has 0 radical (unpaired) electrons. The Morgan fingerprint density at radius 2 is 1.86 bits per heavy atom. The fourth-order valence-electron chi connectivity index (χ4n) is 5.90. The quantitative estimate of drug-likeness (QED) is 0.588. The van der Waals surface area contributed by atoms with Gasteiger partial charge in [0.2, 0.25) is 5.91 Å². The lowest BCUT2D eigenvalue weighted by Crippen LogP contribution is -2.48. The third-order valence-electron chi connectivity index (χ3n) is 8.11. The number of nitrogens with zero attached hydrogens (tertiary/aromatic N) is 3. The molecule has 1 saturated heterocycles. The molecule has 2 aromatic rings. The largest absolute Gasteiger partial charge is 0.496 e. The van der Waals surface area contributed by atoms with E-state index in [0.717, 1.165) is 24.0 Å². The molecule has 1 amide bonds. The van der Waals surface area contributed by atoms with Crippen LogP contribution in [0.15, 0.2) is 30.5 Å². The molecule has 1 aromatic carbocycles. The number of aromatic nitrogens is 1. The number of hydrogen-bond acceptors (Lipinski definition) is 6. The molecule has 3 aliphatic rings. The first kappa shape index (κ1) is 24.2. The van der Waals surface area contributed by atoms with Crippen molar-refractivity contribution in [2.45, 2.75) is 57.8 Å². The van der Waals surface area contributed by atoms with E-state index in [0.29, 0.717) is 67.8 Å². The number of hydrogen-bond donors (Lipinski definition) is 0. The van der Waals surface area contributed by atoms with Crippen LogP contribution in [0.3, 0.4) is 0 Å². The van der Waals surface area contributed by atoms with Crippen LogP contribution in [0.5, 0.6) is 5.75 Å². The molecule has 1 aliphatic heterocycles. The normalized spacial score (nSPS) is 19.9. The second kappa shape index (κ2) is 9.50. The van der Waals surface area contributed by atoms with Gasteiger partial charge >= 0.3 is 0 Å². The zero-order chi connectivity index (χ0) is 25.4. The predicted octanol–water partition coefficient (Wildman–Crippen LogP) is 4.23. The van der Waals surface area contributed by atoms with E-state index in [2.05, 4.69) is 11.1 Å². The molecular weight excluding hydrogens is 454 g/mol. The molecule has 0 N–H and O–H groups in total. The number of carbonyl (C=O) groups excluding carboxylic acids is 3. The molecule has 5 rings (SSSR count). The Bertz CT molecular complexity index is 1200.